The van der Waals surface area contributed by atoms with Gasteiger partial charge < -0.3 is 19.5 Å². The van der Waals surface area contributed by atoms with Crippen molar-refractivity contribution in [3.8, 4) is 23.0 Å². The summed E-state index contributed by atoms with van der Waals surface area (Å²) in [6.07, 6.45) is 1.33. The third-order valence-electron chi connectivity index (χ3n) is 5.63. The number of rotatable bonds is 11. The first-order valence-corrected chi connectivity index (χ1v) is 11.4. The Bertz CT molecular complexity index is 1010. The summed E-state index contributed by atoms with van der Waals surface area (Å²) < 4.78 is 17.0. The molecule has 3 aromatic rings. The van der Waals surface area contributed by atoms with Crippen LogP contribution in [0, 0.1) is 0 Å². The van der Waals surface area contributed by atoms with Gasteiger partial charge in [-0.15, -0.1) is 0 Å². The first-order chi connectivity index (χ1) is 15.9. The number of hydrogen-bond donors (Lipinski definition) is 1. The van der Waals surface area contributed by atoms with Gasteiger partial charge in [-0.25, -0.2) is 0 Å². The summed E-state index contributed by atoms with van der Waals surface area (Å²) in [7, 11) is 0. The van der Waals surface area contributed by atoms with Crippen molar-refractivity contribution in [2.75, 3.05) is 18.5 Å². The standard InChI is InChI=1S/C28H33NO4/c1-5-28(3,4)21-7-11-25(12-8-21)33-26-13-9-22(10-14-26)29-27(30)19-20-32-24-17-15-23(16-18-24)31-6-2/h7-18H,5-6,19-20H2,1-4H3,(H,29,30). The van der Waals surface area contributed by atoms with E-state index in [1.807, 2.05) is 67.6 Å². The number of hydrogen-bond acceptors (Lipinski definition) is 4. The number of carbonyl (C=O) groups is 1. The highest BCUT2D eigenvalue weighted by molar-refractivity contribution is 5.90. The molecule has 174 valence electrons. The number of carbonyl (C=O) groups excluding carboxylic acids is 1. The van der Waals surface area contributed by atoms with Crippen LogP contribution in [0.2, 0.25) is 0 Å². The fourth-order valence-electron chi connectivity index (χ4n) is 3.20. The van der Waals surface area contributed by atoms with Crippen LogP contribution in [-0.4, -0.2) is 19.1 Å². The number of benzene rings is 3. The van der Waals surface area contributed by atoms with Crippen LogP contribution in [0.15, 0.2) is 72.8 Å². The number of nitrogens with one attached hydrogen (secondary N) is 1. The number of amides is 1. The summed E-state index contributed by atoms with van der Waals surface area (Å²) in [6, 6.07) is 22.9. The van der Waals surface area contributed by atoms with Crippen LogP contribution in [0.25, 0.3) is 0 Å². The molecule has 0 heterocycles. The van der Waals surface area contributed by atoms with E-state index in [0.717, 1.165) is 17.9 Å². The molecule has 0 aliphatic heterocycles. The Morgan fingerprint density at radius 2 is 1.27 bits per heavy atom. The van der Waals surface area contributed by atoms with Crippen molar-refractivity contribution in [2.24, 2.45) is 0 Å². The molecule has 5 nitrogen and oxygen atoms in total. The van der Waals surface area contributed by atoms with Crippen LogP contribution < -0.4 is 19.5 Å². The maximum absolute atomic E-state index is 12.2. The van der Waals surface area contributed by atoms with Crippen molar-refractivity contribution in [3.63, 3.8) is 0 Å². The van der Waals surface area contributed by atoms with E-state index in [1.54, 1.807) is 0 Å². The molecule has 0 atom stereocenters. The monoisotopic (exact) mass is 447 g/mol. The summed E-state index contributed by atoms with van der Waals surface area (Å²) in [6.45, 7) is 9.53. The third kappa shape index (κ3) is 7.28. The molecule has 0 unspecified atom stereocenters. The third-order valence-corrected chi connectivity index (χ3v) is 5.63. The van der Waals surface area contributed by atoms with Gasteiger partial charge in [-0.3, -0.25) is 4.79 Å². The van der Waals surface area contributed by atoms with Gasteiger partial charge in [0.25, 0.3) is 0 Å². The average molecular weight is 448 g/mol. The fraction of sp³-hybridized carbons (Fsp3) is 0.321. The zero-order valence-electron chi connectivity index (χ0n) is 19.9. The summed E-state index contributed by atoms with van der Waals surface area (Å²) in [5.41, 5.74) is 2.16. The van der Waals surface area contributed by atoms with Gasteiger partial charge in [0.05, 0.1) is 19.6 Å². The van der Waals surface area contributed by atoms with E-state index in [-0.39, 0.29) is 17.7 Å². The second-order valence-electron chi connectivity index (χ2n) is 8.44. The molecule has 0 radical (unpaired) electrons. The van der Waals surface area contributed by atoms with Crippen molar-refractivity contribution in [1.29, 1.82) is 0 Å². The zero-order valence-corrected chi connectivity index (χ0v) is 19.9. The second kappa shape index (κ2) is 11.4. The Balaban J connectivity index is 1.44. The summed E-state index contributed by atoms with van der Waals surface area (Å²) in [4.78, 5) is 12.2. The van der Waals surface area contributed by atoms with Gasteiger partial charge >= 0.3 is 0 Å². The summed E-state index contributed by atoms with van der Waals surface area (Å²) in [5, 5.41) is 2.88. The van der Waals surface area contributed by atoms with Gasteiger partial charge in [0.1, 0.15) is 23.0 Å². The fourth-order valence-corrected chi connectivity index (χ4v) is 3.20. The second-order valence-corrected chi connectivity index (χ2v) is 8.44. The van der Waals surface area contributed by atoms with Crippen molar-refractivity contribution in [2.45, 2.75) is 46.0 Å². The van der Waals surface area contributed by atoms with E-state index < -0.39 is 0 Å². The maximum Gasteiger partial charge on any atom is 0.227 e. The lowest BCUT2D eigenvalue weighted by Gasteiger charge is -2.23. The Kier molecular flexibility index (Phi) is 8.36. The van der Waals surface area contributed by atoms with E-state index in [0.29, 0.717) is 30.4 Å². The Labute approximate surface area is 196 Å². The smallest absolute Gasteiger partial charge is 0.227 e. The minimum absolute atomic E-state index is 0.108. The normalized spacial score (nSPS) is 11.0. The number of anilines is 1. The largest absolute Gasteiger partial charge is 0.494 e. The minimum Gasteiger partial charge on any atom is -0.494 e. The van der Waals surface area contributed by atoms with Crippen LogP contribution in [0.3, 0.4) is 0 Å². The number of ether oxygens (including phenoxy) is 3. The van der Waals surface area contributed by atoms with Crippen LogP contribution in [0.5, 0.6) is 23.0 Å². The average Bonchev–Trinajstić information content (AvgIpc) is 2.82. The van der Waals surface area contributed by atoms with E-state index in [4.69, 9.17) is 14.2 Å². The highest BCUT2D eigenvalue weighted by Crippen LogP contribution is 2.30. The molecular weight excluding hydrogens is 414 g/mol. The topological polar surface area (TPSA) is 56.8 Å². The predicted octanol–water partition coefficient (Wildman–Crippen LogP) is 6.97. The minimum atomic E-state index is -0.108. The lowest BCUT2D eigenvalue weighted by Crippen LogP contribution is -2.15. The molecule has 5 heteroatoms. The van der Waals surface area contributed by atoms with E-state index in [9.17, 15) is 4.79 Å². The molecule has 0 fully saturated rings. The van der Waals surface area contributed by atoms with Gasteiger partial charge in [-0.05, 0) is 85.0 Å². The SMILES string of the molecule is CCOc1ccc(OCCC(=O)Nc2ccc(Oc3ccc(C(C)(C)CC)cc3)cc2)cc1. The molecule has 0 aliphatic rings. The van der Waals surface area contributed by atoms with Crippen LogP contribution in [0.1, 0.15) is 46.1 Å². The molecule has 0 saturated carbocycles. The van der Waals surface area contributed by atoms with Gasteiger partial charge in [-0.2, -0.15) is 0 Å². The first kappa shape index (κ1) is 24.2. The highest BCUT2D eigenvalue weighted by Gasteiger charge is 2.17. The lowest BCUT2D eigenvalue weighted by atomic mass is 9.82. The maximum atomic E-state index is 12.2. The van der Waals surface area contributed by atoms with Crippen molar-refractivity contribution in [1.82, 2.24) is 0 Å². The van der Waals surface area contributed by atoms with E-state index in [2.05, 4.69) is 38.2 Å². The van der Waals surface area contributed by atoms with Gasteiger partial charge in [-0.1, -0.05) is 32.9 Å². The van der Waals surface area contributed by atoms with Crippen molar-refractivity contribution < 1.29 is 19.0 Å². The van der Waals surface area contributed by atoms with E-state index in [1.165, 1.54) is 5.56 Å². The highest BCUT2D eigenvalue weighted by atomic mass is 16.5. The molecule has 0 spiro atoms. The van der Waals surface area contributed by atoms with Gasteiger partial charge in [0.2, 0.25) is 5.91 Å². The molecule has 0 aromatic heterocycles. The molecule has 0 saturated heterocycles. The Morgan fingerprint density at radius 1 is 0.758 bits per heavy atom. The molecule has 0 bridgehead atoms. The molecule has 0 aliphatic carbocycles. The summed E-state index contributed by atoms with van der Waals surface area (Å²) in [5.74, 6) is 2.90. The van der Waals surface area contributed by atoms with Crippen LogP contribution >= 0.6 is 0 Å². The molecule has 1 N–H and O–H groups in total. The molecular formula is C28H33NO4. The van der Waals surface area contributed by atoms with Gasteiger partial charge in [0.15, 0.2) is 0 Å². The predicted molar refractivity (Wildman–Crippen MR) is 133 cm³/mol. The summed E-state index contributed by atoms with van der Waals surface area (Å²) >= 11 is 0. The molecule has 1 amide bonds. The van der Waals surface area contributed by atoms with Gasteiger partial charge in [0, 0.05) is 5.69 Å². The van der Waals surface area contributed by atoms with Crippen LogP contribution in [0.4, 0.5) is 5.69 Å². The van der Waals surface area contributed by atoms with Crippen molar-refractivity contribution in [3.05, 3.63) is 78.4 Å². The molecule has 33 heavy (non-hydrogen) atoms. The zero-order chi connectivity index (χ0) is 23.7. The molecule has 3 rings (SSSR count). The Morgan fingerprint density at radius 3 is 1.82 bits per heavy atom. The van der Waals surface area contributed by atoms with E-state index >= 15 is 0 Å². The molecule has 3 aromatic carbocycles. The van der Waals surface area contributed by atoms with Crippen molar-refractivity contribution >= 4 is 11.6 Å². The quantitative estimate of drug-likeness (QED) is 0.345. The first-order valence-electron chi connectivity index (χ1n) is 11.4. The van der Waals surface area contributed by atoms with Crippen LogP contribution in [-0.2, 0) is 10.2 Å². The Hall–Kier alpha value is -3.47. The lowest BCUT2D eigenvalue weighted by molar-refractivity contribution is -0.116.